The number of nitrogens with two attached hydrogens (primary N) is 1. The number of aromatic nitrogens is 5. The van der Waals surface area contributed by atoms with Crippen LogP contribution in [-0.2, 0) is 12.8 Å². The Balaban J connectivity index is 1.57. The van der Waals surface area contributed by atoms with Crippen LogP contribution in [-0.4, -0.2) is 38.3 Å². The normalized spacial score (nSPS) is 13.8. The highest BCUT2D eigenvalue weighted by molar-refractivity contribution is 7.15. The Bertz CT molecular complexity index is 1210. The second-order valence-corrected chi connectivity index (χ2v) is 8.45. The molecule has 5 rings (SSSR count). The first-order valence-corrected chi connectivity index (χ1v) is 10.6. The first-order valence-electron chi connectivity index (χ1n) is 9.73. The largest absolute Gasteiger partial charge is 0.383 e. The van der Waals surface area contributed by atoms with Crippen LogP contribution in [0.2, 0.25) is 0 Å². The lowest BCUT2D eigenvalue weighted by Crippen LogP contribution is -2.16. The van der Waals surface area contributed by atoms with E-state index in [0.717, 1.165) is 36.4 Å². The number of nitrogen functional groups attached to an aromatic ring is 1. The quantitative estimate of drug-likeness (QED) is 0.528. The summed E-state index contributed by atoms with van der Waals surface area (Å²) in [5.74, 6) is 0.431. The average molecular weight is 422 g/mol. The van der Waals surface area contributed by atoms with Gasteiger partial charge in [0.25, 0.3) is 0 Å². The van der Waals surface area contributed by atoms with Crippen LogP contribution in [0.15, 0.2) is 36.5 Å². The van der Waals surface area contributed by atoms with Crippen molar-refractivity contribution in [2.24, 2.45) is 0 Å². The van der Waals surface area contributed by atoms with E-state index in [9.17, 15) is 4.39 Å². The molecule has 1 aliphatic heterocycles. The second kappa shape index (κ2) is 7.58. The van der Waals surface area contributed by atoms with Crippen molar-refractivity contribution in [3.63, 3.8) is 0 Å². The number of anilines is 1. The Hall–Kier alpha value is -3.17. The maximum atomic E-state index is 14.1. The molecule has 0 atom stereocenters. The van der Waals surface area contributed by atoms with E-state index in [1.54, 1.807) is 36.6 Å². The van der Waals surface area contributed by atoms with Crippen LogP contribution < -0.4 is 11.1 Å². The highest BCUT2D eigenvalue weighted by Gasteiger charge is 2.18. The predicted molar refractivity (Wildman–Crippen MR) is 115 cm³/mol. The summed E-state index contributed by atoms with van der Waals surface area (Å²) in [6.45, 7) is 3.71. The van der Waals surface area contributed by atoms with Crippen molar-refractivity contribution in [2.75, 3.05) is 18.8 Å². The number of tetrazole rings is 1. The molecule has 4 aromatic rings. The van der Waals surface area contributed by atoms with E-state index >= 15 is 0 Å². The van der Waals surface area contributed by atoms with Gasteiger partial charge in [0.1, 0.15) is 11.6 Å². The van der Waals surface area contributed by atoms with E-state index in [2.05, 4.69) is 31.9 Å². The van der Waals surface area contributed by atoms with Crippen molar-refractivity contribution in [3.05, 3.63) is 58.3 Å². The third-order valence-corrected chi connectivity index (χ3v) is 6.60. The van der Waals surface area contributed by atoms with Crippen molar-refractivity contribution in [1.29, 1.82) is 0 Å². The van der Waals surface area contributed by atoms with Gasteiger partial charge in [0.05, 0.1) is 11.3 Å². The Morgan fingerprint density at radius 2 is 2.03 bits per heavy atom. The molecule has 30 heavy (non-hydrogen) atoms. The molecule has 0 fully saturated rings. The highest BCUT2D eigenvalue weighted by atomic mass is 32.1. The molecule has 9 heteroatoms. The lowest BCUT2D eigenvalue weighted by Gasteiger charge is -2.09. The molecule has 0 amide bonds. The Kier molecular flexibility index (Phi) is 4.76. The average Bonchev–Trinajstić information content (AvgIpc) is 3.33. The fraction of sp³-hybridized carbons (Fsp3) is 0.238. The molecule has 7 nitrogen and oxygen atoms in total. The van der Waals surface area contributed by atoms with Crippen LogP contribution >= 0.6 is 11.3 Å². The zero-order chi connectivity index (χ0) is 20.7. The van der Waals surface area contributed by atoms with Crippen molar-refractivity contribution < 1.29 is 4.39 Å². The van der Waals surface area contributed by atoms with Gasteiger partial charge >= 0.3 is 0 Å². The van der Waals surface area contributed by atoms with Gasteiger partial charge < -0.3 is 11.1 Å². The third-order valence-electron chi connectivity index (χ3n) is 5.31. The van der Waals surface area contributed by atoms with Crippen molar-refractivity contribution >= 4 is 17.2 Å². The van der Waals surface area contributed by atoms with E-state index in [0.29, 0.717) is 28.5 Å². The molecule has 152 valence electrons. The summed E-state index contributed by atoms with van der Waals surface area (Å²) in [6.07, 6.45) is 3.84. The first-order chi connectivity index (χ1) is 14.6. The minimum atomic E-state index is -0.316. The molecule has 1 aromatic carbocycles. The number of fused-ring (bicyclic) bond motifs is 1. The summed E-state index contributed by atoms with van der Waals surface area (Å²) in [4.78, 5) is 6.95. The Labute approximate surface area is 176 Å². The lowest BCUT2D eigenvalue weighted by molar-refractivity contribution is 0.615. The molecular weight excluding hydrogens is 401 g/mol. The van der Waals surface area contributed by atoms with Gasteiger partial charge in [0.15, 0.2) is 5.82 Å². The molecule has 0 saturated carbocycles. The molecule has 1 aliphatic rings. The number of nitrogens with one attached hydrogen (secondary N) is 1. The number of benzene rings is 1. The number of pyridine rings is 1. The molecule has 0 unspecified atom stereocenters. The molecule has 3 aromatic heterocycles. The summed E-state index contributed by atoms with van der Waals surface area (Å²) in [7, 11) is 0. The SMILES string of the molecule is Cc1ccc(-n2nnnc2-c2cc(-c3cc4c(s3)CCNCC4)cnc2N)cc1F. The molecule has 0 saturated heterocycles. The zero-order valence-corrected chi connectivity index (χ0v) is 17.2. The molecule has 4 heterocycles. The summed E-state index contributed by atoms with van der Waals surface area (Å²) < 4.78 is 15.6. The van der Waals surface area contributed by atoms with Gasteiger partial charge in [-0.15, -0.1) is 16.4 Å². The predicted octanol–water partition coefficient (Wildman–Crippen LogP) is 3.17. The topological polar surface area (TPSA) is 94.5 Å². The molecule has 3 N–H and O–H groups in total. The number of rotatable bonds is 3. The third kappa shape index (κ3) is 3.35. The van der Waals surface area contributed by atoms with Crippen LogP contribution in [0, 0.1) is 12.7 Å². The highest BCUT2D eigenvalue weighted by Crippen LogP contribution is 2.35. The Morgan fingerprint density at radius 3 is 2.90 bits per heavy atom. The Morgan fingerprint density at radius 1 is 1.17 bits per heavy atom. The minimum Gasteiger partial charge on any atom is -0.383 e. The number of aryl methyl sites for hydroxylation is 1. The van der Waals surface area contributed by atoms with Gasteiger partial charge in [-0.05, 0) is 78.7 Å². The fourth-order valence-electron chi connectivity index (χ4n) is 3.61. The first kappa shape index (κ1) is 18.8. The smallest absolute Gasteiger partial charge is 0.190 e. The van der Waals surface area contributed by atoms with E-state index in [1.165, 1.54) is 21.2 Å². The van der Waals surface area contributed by atoms with Crippen LogP contribution in [0.1, 0.15) is 16.0 Å². The maximum Gasteiger partial charge on any atom is 0.190 e. The van der Waals surface area contributed by atoms with Gasteiger partial charge in [-0.2, -0.15) is 4.68 Å². The summed E-state index contributed by atoms with van der Waals surface area (Å²) >= 11 is 1.79. The zero-order valence-electron chi connectivity index (χ0n) is 16.4. The van der Waals surface area contributed by atoms with E-state index < -0.39 is 0 Å². The summed E-state index contributed by atoms with van der Waals surface area (Å²) in [5, 5.41) is 15.4. The van der Waals surface area contributed by atoms with Gasteiger partial charge in [-0.3, -0.25) is 0 Å². The molecule has 0 radical (unpaired) electrons. The monoisotopic (exact) mass is 421 g/mol. The van der Waals surface area contributed by atoms with Crippen molar-refractivity contribution in [2.45, 2.75) is 19.8 Å². The summed E-state index contributed by atoms with van der Waals surface area (Å²) in [6, 6.07) is 9.08. The standard InChI is InChI=1S/C21H20FN7S/c1-12-2-3-15(10-17(12)22)29-21(26-27-28-29)16-8-14(11-25-20(16)23)19-9-13-4-6-24-7-5-18(13)30-19/h2-3,8-11,24H,4-7H2,1H3,(H2,23,25). The van der Waals surface area contributed by atoms with Crippen LogP contribution in [0.5, 0.6) is 0 Å². The van der Waals surface area contributed by atoms with E-state index in [4.69, 9.17) is 5.73 Å². The fourth-order valence-corrected chi connectivity index (χ4v) is 4.81. The number of thiophene rings is 1. The molecular formula is C21H20FN7S. The van der Waals surface area contributed by atoms with Gasteiger partial charge in [-0.25, -0.2) is 9.37 Å². The molecule has 0 bridgehead atoms. The van der Waals surface area contributed by atoms with Crippen LogP contribution in [0.25, 0.3) is 27.5 Å². The number of hydrogen-bond acceptors (Lipinski definition) is 7. The number of hydrogen-bond donors (Lipinski definition) is 2. The minimum absolute atomic E-state index is 0.316. The molecule has 0 spiro atoms. The van der Waals surface area contributed by atoms with E-state index in [-0.39, 0.29) is 5.82 Å². The second-order valence-electron chi connectivity index (χ2n) is 7.31. The number of nitrogens with zero attached hydrogens (tertiary/aromatic N) is 5. The lowest BCUT2D eigenvalue weighted by atomic mass is 10.1. The van der Waals surface area contributed by atoms with Gasteiger partial charge in [0, 0.05) is 21.5 Å². The van der Waals surface area contributed by atoms with Crippen LogP contribution in [0.3, 0.4) is 0 Å². The van der Waals surface area contributed by atoms with E-state index in [1.807, 2.05) is 6.07 Å². The van der Waals surface area contributed by atoms with Crippen LogP contribution in [0.4, 0.5) is 10.2 Å². The maximum absolute atomic E-state index is 14.1. The van der Waals surface area contributed by atoms with Gasteiger partial charge in [-0.1, -0.05) is 6.07 Å². The van der Waals surface area contributed by atoms with Crippen molar-refractivity contribution in [3.8, 4) is 27.5 Å². The summed E-state index contributed by atoms with van der Waals surface area (Å²) in [5.41, 5.74) is 10.2. The molecule has 0 aliphatic carbocycles. The van der Waals surface area contributed by atoms with Gasteiger partial charge in [0.2, 0.25) is 0 Å². The number of halogens is 1. The van der Waals surface area contributed by atoms with Crippen molar-refractivity contribution in [1.82, 2.24) is 30.5 Å².